The largest absolute Gasteiger partial charge is 0.368 e. The molecule has 0 fully saturated rings. The van der Waals surface area contributed by atoms with Gasteiger partial charge in [0.2, 0.25) is 5.91 Å². The van der Waals surface area contributed by atoms with Crippen LogP contribution in [0.5, 0.6) is 0 Å². The monoisotopic (exact) mass is 330 g/mol. The van der Waals surface area contributed by atoms with E-state index in [0.29, 0.717) is 16.3 Å². The van der Waals surface area contributed by atoms with E-state index in [0.717, 1.165) is 0 Å². The summed E-state index contributed by atoms with van der Waals surface area (Å²) in [7, 11) is 0. The standard InChI is InChI=1S/C16H15ClN4O2/c1-3-6-12(15(18)22)19-16(23)14-10(2)9-21(20-14)13-8-5-4-7-11(13)17/h1,4-5,7-9,12H,6H2,2H3,(H2,18,22)(H,19,23)/t12-/m0/s1. The van der Waals surface area contributed by atoms with Gasteiger partial charge < -0.3 is 11.1 Å². The number of amides is 2. The smallest absolute Gasteiger partial charge is 0.272 e. The van der Waals surface area contributed by atoms with E-state index in [2.05, 4.69) is 16.3 Å². The number of halogens is 1. The van der Waals surface area contributed by atoms with Crippen LogP contribution in [0, 0.1) is 19.3 Å². The van der Waals surface area contributed by atoms with Crippen molar-refractivity contribution in [2.24, 2.45) is 5.73 Å². The maximum Gasteiger partial charge on any atom is 0.272 e. The lowest BCUT2D eigenvalue weighted by atomic mass is 10.2. The minimum absolute atomic E-state index is 0.0192. The number of nitrogens with two attached hydrogens (primary N) is 1. The van der Waals surface area contributed by atoms with E-state index in [1.807, 2.05) is 6.07 Å². The first-order valence-corrected chi connectivity index (χ1v) is 7.16. The highest BCUT2D eigenvalue weighted by molar-refractivity contribution is 6.32. The van der Waals surface area contributed by atoms with E-state index in [1.54, 1.807) is 31.3 Å². The maximum atomic E-state index is 12.3. The molecule has 118 valence electrons. The summed E-state index contributed by atoms with van der Waals surface area (Å²) in [6.07, 6.45) is 6.86. The summed E-state index contributed by atoms with van der Waals surface area (Å²) in [5.41, 5.74) is 6.66. The molecule has 7 heteroatoms. The molecule has 6 nitrogen and oxygen atoms in total. The van der Waals surface area contributed by atoms with Crippen LogP contribution >= 0.6 is 11.6 Å². The van der Waals surface area contributed by atoms with Crippen LogP contribution in [0.4, 0.5) is 0 Å². The van der Waals surface area contributed by atoms with Gasteiger partial charge in [0, 0.05) is 18.2 Å². The Kier molecular flexibility index (Phi) is 5.04. The van der Waals surface area contributed by atoms with Gasteiger partial charge in [-0.25, -0.2) is 4.68 Å². The summed E-state index contributed by atoms with van der Waals surface area (Å²) in [6, 6.07) is 6.18. The highest BCUT2D eigenvalue weighted by Crippen LogP contribution is 2.20. The molecular weight excluding hydrogens is 316 g/mol. The molecule has 0 radical (unpaired) electrons. The number of para-hydroxylation sites is 1. The number of hydrogen-bond donors (Lipinski definition) is 2. The molecule has 0 bridgehead atoms. The lowest BCUT2D eigenvalue weighted by Gasteiger charge is -2.11. The number of carbonyl (C=O) groups excluding carboxylic acids is 2. The molecule has 0 aliphatic carbocycles. The number of hydrogen-bond acceptors (Lipinski definition) is 3. The van der Waals surface area contributed by atoms with Gasteiger partial charge in [-0.2, -0.15) is 5.10 Å². The number of aromatic nitrogens is 2. The van der Waals surface area contributed by atoms with E-state index >= 15 is 0 Å². The topological polar surface area (TPSA) is 90.0 Å². The van der Waals surface area contributed by atoms with Crippen molar-refractivity contribution in [3.8, 4) is 18.0 Å². The van der Waals surface area contributed by atoms with E-state index in [4.69, 9.17) is 23.8 Å². The molecule has 1 atom stereocenters. The number of nitrogens with zero attached hydrogens (tertiary/aromatic N) is 2. The van der Waals surface area contributed by atoms with Gasteiger partial charge in [0.1, 0.15) is 6.04 Å². The van der Waals surface area contributed by atoms with Gasteiger partial charge in [-0.05, 0) is 19.1 Å². The molecule has 0 spiro atoms. The highest BCUT2D eigenvalue weighted by atomic mass is 35.5. The Labute approximate surface area is 138 Å². The van der Waals surface area contributed by atoms with Crippen molar-refractivity contribution in [3.63, 3.8) is 0 Å². The zero-order chi connectivity index (χ0) is 17.0. The van der Waals surface area contributed by atoms with Crippen LogP contribution in [0.25, 0.3) is 5.69 Å². The molecule has 2 aromatic rings. The van der Waals surface area contributed by atoms with E-state index in [9.17, 15) is 9.59 Å². The first kappa shape index (κ1) is 16.6. The van der Waals surface area contributed by atoms with Crippen molar-refractivity contribution in [2.75, 3.05) is 0 Å². The van der Waals surface area contributed by atoms with Crippen LogP contribution in [0.3, 0.4) is 0 Å². The predicted octanol–water partition coefficient (Wildman–Crippen LogP) is 1.44. The van der Waals surface area contributed by atoms with Crippen molar-refractivity contribution in [3.05, 3.63) is 46.7 Å². The molecule has 1 heterocycles. The summed E-state index contributed by atoms with van der Waals surface area (Å²) in [6.45, 7) is 1.73. The zero-order valence-corrected chi connectivity index (χ0v) is 13.2. The SMILES string of the molecule is C#CC[C@H](NC(=O)c1nn(-c2ccccc2Cl)cc1C)C(N)=O. The fourth-order valence-corrected chi connectivity index (χ4v) is 2.23. The Morgan fingerprint density at radius 2 is 2.17 bits per heavy atom. The summed E-state index contributed by atoms with van der Waals surface area (Å²) < 4.78 is 1.51. The fraction of sp³-hybridized carbons (Fsp3) is 0.188. The Bertz CT molecular complexity index is 792. The second-order valence-electron chi connectivity index (χ2n) is 4.89. The Hall–Kier alpha value is -2.78. The molecule has 1 aromatic heterocycles. The maximum absolute atomic E-state index is 12.3. The van der Waals surface area contributed by atoms with Gasteiger partial charge in [-0.1, -0.05) is 23.7 Å². The average molecular weight is 331 g/mol. The number of rotatable bonds is 5. The van der Waals surface area contributed by atoms with Crippen molar-refractivity contribution in [2.45, 2.75) is 19.4 Å². The summed E-state index contributed by atoms with van der Waals surface area (Å²) >= 11 is 6.12. The molecule has 23 heavy (non-hydrogen) atoms. The van der Waals surface area contributed by atoms with Gasteiger partial charge in [-0.15, -0.1) is 12.3 Å². The second kappa shape index (κ2) is 6.99. The Morgan fingerprint density at radius 3 is 2.78 bits per heavy atom. The molecule has 2 amide bonds. The highest BCUT2D eigenvalue weighted by Gasteiger charge is 2.21. The van der Waals surface area contributed by atoms with Crippen molar-refractivity contribution >= 4 is 23.4 Å². The first-order chi connectivity index (χ1) is 10.9. The molecule has 0 saturated heterocycles. The Balaban J connectivity index is 2.28. The minimum atomic E-state index is -0.933. The van der Waals surface area contributed by atoms with Crippen LogP contribution in [0.1, 0.15) is 22.5 Å². The van der Waals surface area contributed by atoms with Gasteiger partial charge in [0.25, 0.3) is 5.91 Å². The lowest BCUT2D eigenvalue weighted by molar-refractivity contribution is -0.119. The molecule has 0 aliphatic rings. The quantitative estimate of drug-likeness (QED) is 0.813. The predicted molar refractivity (Wildman–Crippen MR) is 87.2 cm³/mol. The van der Waals surface area contributed by atoms with Crippen LogP contribution < -0.4 is 11.1 Å². The molecule has 3 N–H and O–H groups in total. The van der Waals surface area contributed by atoms with Crippen molar-refractivity contribution in [1.29, 1.82) is 0 Å². The molecule has 0 aliphatic heterocycles. The number of aryl methyl sites for hydroxylation is 1. The van der Waals surface area contributed by atoms with Crippen LogP contribution in [-0.4, -0.2) is 27.6 Å². The fourth-order valence-electron chi connectivity index (χ4n) is 2.01. The third-order valence-corrected chi connectivity index (χ3v) is 3.50. The molecular formula is C16H15ClN4O2. The normalized spacial score (nSPS) is 11.5. The molecule has 0 unspecified atom stereocenters. The third kappa shape index (κ3) is 3.71. The molecule has 1 aromatic carbocycles. The van der Waals surface area contributed by atoms with Gasteiger partial charge in [0.05, 0.1) is 10.7 Å². The van der Waals surface area contributed by atoms with Crippen LogP contribution in [0.15, 0.2) is 30.5 Å². The average Bonchev–Trinajstić information content (AvgIpc) is 2.89. The van der Waals surface area contributed by atoms with E-state index < -0.39 is 17.9 Å². The van der Waals surface area contributed by atoms with Gasteiger partial charge >= 0.3 is 0 Å². The van der Waals surface area contributed by atoms with E-state index in [1.165, 1.54) is 4.68 Å². The number of benzene rings is 1. The Morgan fingerprint density at radius 1 is 1.48 bits per heavy atom. The van der Waals surface area contributed by atoms with Crippen LogP contribution in [0.2, 0.25) is 5.02 Å². The number of terminal acetylenes is 1. The number of nitrogens with one attached hydrogen (secondary N) is 1. The van der Waals surface area contributed by atoms with Crippen LogP contribution in [-0.2, 0) is 4.79 Å². The van der Waals surface area contributed by atoms with E-state index in [-0.39, 0.29) is 12.1 Å². The second-order valence-corrected chi connectivity index (χ2v) is 5.30. The van der Waals surface area contributed by atoms with Crippen molar-refractivity contribution < 1.29 is 9.59 Å². The number of carbonyl (C=O) groups is 2. The van der Waals surface area contributed by atoms with Gasteiger partial charge in [0.15, 0.2) is 5.69 Å². The summed E-state index contributed by atoms with van der Waals surface area (Å²) in [5, 5.41) is 7.22. The third-order valence-electron chi connectivity index (χ3n) is 3.18. The number of primary amides is 1. The first-order valence-electron chi connectivity index (χ1n) is 6.79. The molecule has 0 saturated carbocycles. The summed E-state index contributed by atoms with van der Waals surface area (Å²) in [4.78, 5) is 23.6. The van der Waals surface area contributed by atoms with Gasteiger partial charge in [-0.3, -0.25) is 9.59 Å². The lowest BCUT2D eigenvalue weighted by Crippen LogP contribution is -2.44. The molecule has 2 rings (SSSR count). The summed E-state index contributed by atoms with van der Waals surface area (Å²) in [5.74, 6) is 1.08. The zero-order valence-electron chi connectivity index (χ0n) is 12.4. The minimum Gasteiger partial charge on any atom is -0.368 e. The van der Waals surface area contributed by atoms with Crippen molar-refractivity contribution in [1.82, 2.24) is 15.1 Å².